The third kappa shape index (κ3) is 7.63. The molecule has 0 aliphatic heterocycles. The Bertz CT molecular complexity index is 1150. The molecule has 35 heavy (non-hydrogen) atoms. The van der Waals surface area contributed by atoms with E-state index < -0.39 is 5.91 Å². The van der Waals surface area contributed by atoms with Crippen molar-refractivity contribution in [1.82, 2.24) is 15.3 Å². The van der Waals surface area contributed by atoms with Gasteiger partial charge in [-0.25, -0.2) is 9.97 Å². The van der Waals surface area contributed by atoms with Gasteiger partial charge in [0, 0.05) is 48.5 Å². The number of hydrogen-bond acceptors (Lipinski definition) is 10. The van der Waals surface area contributed by atoms with Crippen molar-refractivity contribution in [3.63, 3.8) is 0 Å². The number of methoxy groups -OCH3 is 1. The number of fused-ring (bicyclic) bond motifs is 1. The quantitative estimate of drug-likeness (QED) is 0.189. The fourth-order valence-electron chi connectivity index (χ4n) is 3.02. The monoisotopic (exact) mass is 515 g/mol. The second-order valence-electron chi connectivity index (χ2n) is 7.86. The van der Waals surface area contributed by atoms with Crippen LogP contribution in [-0.2, 0) is 14.4 Å². The van der Waals surface area contributed by atoms with Gasteiger partial charge in [-0.15, -0.1) is 11.8 Å². The molecule has 186 valence electrons. The van der Waals surface area contributed by atoms with Crippen molar-refractivity contribution >= 4 is 50.2 Å². The van der Waals surface area contributed by atoms with Crippen LogP contribution in [0.3, 0.4) is 0 Å². The molecule has 0 radical (unpaired) electrons. The highest BCUT2D eigenvalue weighted by atomic mass is 32.2. The molecule has 2 N–H and O–H groups in total. The van der Waals surface area contributed by atoms with Crippen molar-refractivity contribution in [3.8, 4) is 5.88 Å². The summed E-state index contributed by atoms with van der Waals surface area (Å²) in [5.74, 6) is 0.119. The number of nitrogens with zero attached hydrogens (tertiary/aromatic N) is 3. The lowest BCUT2D eigenvalue weighted by molar-refractivity contribution is -0.110. The van der Waals surface area contributed by atoms with Crippen LogP contribution in [0.1, 0.15) is 24.8 Å². The molecule has 2 heterocycles. The third-order valence-corrected chi connectivity index (χ3v) is 7.19. The van der Waals surface area contributed by atoms with Crippen molar-refractivity contribution < 1.29 is 19.1 Å². The Kier molecular flexibility index (Phi) is 9.29. The zero-order valence-electron chi connectivity index (χ0n) is 19.8. The molecule has 1 aromatic carbocycles. The Morgan fingerprint density at radius 2 is 1.97 bits per heavy atom. The highest BCUT2D eigenvalue weighted by Crippen LogP contribution is 2.39. The fourth-order valence-corrected chi connectivity index (χ4v) is 4.90. The number of benzene rings is 1. The van der Waals surface area contributed by atoms with Gasteiger partial charge in [-0.05, 0) is 38.1 Å². The lowest BCUT2D eigenvalue weighted by atomic mass is 10.1. The van der Waals surface area contributed by atoms with Crippen LogP contribution in [0.4, 0.5) is 5.13 Å². The number of likely N-dealkylation sites (N-methyl/N-ethyl adjacent to an activating group) is 1. The predicted molar refractivity (Wildman–Crippen MR) is 140 cm³/mol. The molecule has 0 spiro atoms. The number of nitrogens with one attached hydrogen (secondary N) is 2. The highest BCUT2D eigenvalue weighted by molar-refractivity contribution is 8.00. The number of aromatic nitrogens is 2. The Labute approximate surface area is 212 Å². The van der Waals surface area contributed by atoms with Crippen molar-refractivity contribution in [2.45, 2.75) is 29.4 Å². The van der Waals surface area contributed by atoms with Crippen molar-refractivity contribution in [1.29, 1.82) is 0 Å². The summed E-state index contributed by atoms with van der Waals surface area (Å²) in [5, 5.41) is 11.2. The lowest BCUT2D eigenvalue weighted by Gasteiger charge is -2.08. The van der Waals surface area contributed by atoms with Crippen molar-refractivity contribution in [2.24, 2.45) is 5.16 Å². The number of hydrogen-bond donors (Lipinski definition) is 2. The van der Waals surface area contributed by atoms with Gasteiger partial charge in [0.05, 0.1) is 0 Å². The molecule has 0 atom stereocenters. The number of carbonyl (C=O) groups excluding carboxylic acids is 1. The maximum absolute atomic E-state index is 13.2. The zero-order valence-corrected chi connectivity index (χ0v) is 21.4. The molecule has 0 unspecified atom stereocenters. The van der Waals surface area contributed by atoms with Gasteiger partial charge in [0.1, 0.15) is 23.6 Å². The minimum absolute atomic E-state index is 0.189. The van der Waals surface area contributed by atoms with E-state index in [2.05, 4.69) is 25.8 Å². The fraction of sp³-hybridized carbons (Fsp3) is 0.417. The van der Waals surface area contributed by atoms with Crippen LogP contribution in [0.2, 0.25) is 0 Å². The molecule has 0 bridgehead atoms. The van der Waals surface area contributed by atoms with E-state index in [4.69, 9.17) is 14.3 Å². The van der Waals surface area contributed by atoms with Crippen molar-refractivity contribution in [3.05, 3.63) is 42.0 Å². The largest absolute Gasteiger partial charge is 0.476 e. The van der Waals surface area contributed by atoms with E-state index in [-0.39, 0.29) is 5.71 Å². The molecule has 2 aromatic heterocycles. The minimum atomic E-state index is -0.399. The number of thioether (sulfide) groups is 1. The molecule has 1 saturated carbocycles. The molecular weight excluding hydrogens is 486 g/mol. The molecular formula is C24H29N5O4S2. The maximum Gasteiger partial charge on any atom is 0.280 e. The van der Waals surface area contributed by atoms with E-state index in [0.29, 0.717) is 58.4 Å². The molecule has 1 amide bonds. The average Bonchev–Trinajstić information content (AvgIpc) is 3.59. The minimum Gasteiger partial charge on any atom is -0.476 e. The van der Waals surface area contributed by atoms with Gasteiger partial charge in [0.2, 0.25) is 5.88 Å². The van der Waals surface area contributed by atoms with Crippen LogP contribution < -0.4 is 15.4 Å². The van der Waals surface area contributed by atoms with Gasteiger partial charge in [-0.1, -0.05) is 28.6 Å². The van der Waals surface area contributed by atoms with Crippen LogP contribution in [0, 0.1) is 0 Å². The van der Waals surface area contributed by atoms with Gasteiger partial charge in [-0.2, -0.15) is 0 Å². The summed E-state index contributed by atoms with van der Waals surface area (Å²) in [6, 6.07) is 11.4. The maximum atomic E-state index is 13.2. The second kappa shape index (κ2) is 12.8. The number of pyridine rings is 1. The van der Waals surface area contributed by atoms with E-state index in [1.54, 1.807) is 13.2 Å². The van der Waals surface area contributed by atoms with E-state index in [0.717, 1.165) is 6.54 Å². The molecule has 3 aromatic rings. The smallest absolute Gasteiger partial charge is 0.280 e. The zero-order chi connectivity index (χ0) is 24.5. The van der Waals surface area contributed by atoms with Crippen molar-refractivity contribution in [2.75, 3.05) is 45.8 Å². The van der Waals surface area contributed by atoms with E-state index in [1.165, 1.54) is 29.1 Å². The van der Waals surface area contributed by atoms with E-state index in [1.807, 2.05) is 49.1 Å². The first kappa shape index (κ1) is 25.4. The number of thiazole rings is 1. The Morgan fingerprint density at radius 3 is 2.71 bits per heavy atom. The number of carbonyl (C=O) groups is 1. The summed E-state index contributed by atoms with van der Waals surface area (Å²) in [4.78, 5) is 29.4. The molecule has 9 nitrogen and oxygen atoms in total. The molecule has 4 rings (SSSR count). The van der Waals surface area contributed by atoms with Gasteiger partial charge < -0.3 is 19.6 Å². The molecule has 1 aliphatic rings. The first-order chi connectivity index (χ1) is 17.2. The topological polar surface area (TPSA) is 107 Å². The Balaban J connectivity index is 1.47. The number of ether oxygens (including phenoxy) is 2. The summed E-state index contributed by atoms with van der Waals surface area (Å²) >= 11 is 3.14. The van der Waals surface area contributed by atoms with Crippen LogP contribution in [0.15, 0.2) is 46.4 Å². The molecule has 1 aliphatic carbocycles. The highest BCUT2D eigenvalue weighted by Gasteiger charge is 2.23. The SMILES string of the molecule is CNCCOc1ccc2nc(NC(=O)/C(=N/OCCCOC)c3ccc(SC4CC4)cc3)sc2n1. The third-order valence-electron chi connectivity index (χ3n) is 4.96. The average molecular weight is 516 g/mol. The second-order valence-corrected chi connectivity index (χ2v) is 10.2. The van der Waals surface area contributed by atoms with E-state index >= 15 is 0 Å². The lowest BCUT2D eigenvalue weighted by Crippen LogP contribution is -2.24. The van der Waals surface area contributed by atoms with Crippen LogP contribution in [-0.4, -0.2) is 67.4 Å². The van der Waals surface area contributed by atoms with E-state index in [9.17, 15) is 4.79 Å². The molecule has 1 fully saturated rings. The summed E-state index contributed by atoms with van der Waals surface area (Å²) in [6.07, 6.45) is 3.20. The van der Waals surface area contributed by atoms with Crippen LogP contribution >= 0.6 is 23.1 Å². The Morgan fingerprint density at radius 1 is 1.14 bits per heavy atom. The van der Waals surface area contributed by atoms with Gasteiger partial charge in [0.15, 0.2) is 10.8 Å². The molecule has 11 heteroatoms. The summed E-state index contributed by atoms with van der Waals surface area (Å²) < 4.78 is 10.7. The number of oxime groups is 1. The molecule has 0 saturated heterocycles. The van der Waals surface area contributed by atoms with Gasteiger partial charge >= 0.3 is 0 Å². The standard InChI is InChI=1S/C24H29N5O4S2/c1-25-12-15-32-20-11-10-19-23(27-20)35-24(26-19)28-22(30)21(29-33-14-3-13-31-2)16-4-6-17(7-5-16)34-18-8-9-18/h4-7,10-11,18,25H,3,8-9,12-15H2,1-2H3,(H,26,28,30)/b29-21+. The van der Waals surface area contributed by atoms with Gasteiger partial charge in [-0.3, -0.25) is 10.1 Å². The van der Waals surface area contributed by atoms with Crippen LogP contribution in [0.5, 0.6) is 5.88 Å². The Hall–Kier alpha value is -2.73. The summed E-state index contributed by atoms with van der Waals surface area (Å²) in [7, 11) is 3.50. The first-order valence-corrected chi connectivity index (χ1v) is 13.2. The number of amides is 1. The van der Waals surface area contributed by atoms with Crippen LogP contribution in [0.25, 0.3) is 10.3 Å². The first-order valence-electron chi connectivity index (χ1n) is 11.5. The predicted octanol–water partition coefficient (Wildman–Crippen LogP) is 3.94. The number of anilines is 1. The number of rotatable bonds is 14. The summed E-state index contributed by atoms with van der Waals surface area (Å²) in [5.41, 5.74) is 1.55. The van der Waals surface area contributed by atoms with Gasteiger partial charge in [0.25, 0.3) is 5.91 Å². The normalized spacial score (nSPS) is 13.7. The summed E-state index contributed by atoms with van der Waals surface area (Å²) in [6.45, 7) is 2.14.